The summed E-state index contributed by atoms with van der Waals surface area (Å²) < 4.78 is 24.5. The van der Waals surface area contributed by atoms with Gasteiger partial charge in [-0.05, 0) is 24.3 Å². The number of anilines is 1. The number of carbonyl (C=O) groups excluding carboxylic acids is 1. The molecule has 1 amide bonds. The Balaban J connectivity index is 1.79. The number of ether oxygens (including phenoxy) is 2. The fraction of sp³-hybridized carbons (Fsp3) is 0.125. The predicted octanol–water partition coefficient (Wildman–Crippen LogP) is 3.21. The minimum Gasteiger partial charge on any atom is -0.497 e. The molecule has 0 fully saturated rings. The standard InChI is InChI=1S/C16H14FN3O3S/c1-22-11-7-12(23-2)14-13(8-11)24-16(18-14)20-19-15(21)9-4-3-5-10(17)6-9/h3-8H,1-2H3,(H,18,20)(H,19,21). The highest BCUT2D eigenvalue weighted by Gasteiger charge is 2.12. The van der Waals surface area contributed by atoms with Gasteiger partial charge in [-0.1, -0.05) is 17.4 Å². The van der Waals surface area contributed by atoms with Crippen molar-refractivity contribution in [2.45, 2.75) is 0 Å². The van der Waals surface area contributed by atoms with Gasteiger partial charge in [0.2, 0.25) is 5.13 Å². The van der Waals surface area contributed by atoms with Crippen LogP contribution in [-0.4, -0.2) is 25.1 Å². The zero-order valence-corrected chi connectivity index (χ0v) is 13.7. The molecule has 0 spiro atoms. The molecule has 2 N–H and O–H groups in total. The van der Waals surface area contributed by atoms with Crippen LogP contribution in [0.5, 0.6) is 11.5 Å². The minimum absolute atomic E-state index is 0.211. The first kappa shape index (κ1) is 16.0. The molecule has 0 aliphatic rings. The number of amides is 1. The maximum absolute atomic E-state index is 13.1. The third-order valence-corrected chi connectivity index (χ3v) is 4.18. The van der Waals surface area contributed by atoms with E-state index in [0.29, 0.717) is 22.1 Å². The molecule has 8 heteroatoms. The molecule has 0 radical (unpaired) electrons. The van der Waals surface area contributed by atoms with Crippen molar-refractivity contribution in [3.8, 4) is 11.5 Å². The molecular formula is C16H14FN3O3S. The van der Waals surface area contributed by atoms with Crippen LogP contribution in [0, 0.1) is 5.82 Å². The van der Waals surface area contributed by atoms with Crippen LogP contribution in [0.1, 0.15) is 10.4 Å². The Kier molecular flexibility index (Phi) is 4.48. The van der Waals surface area contributed by atoms with E-state index in [2.05, 4.69) is 15.8 Å². The summed E-state index contributed by atoms with van der Waals surface area (Å²) in [6, 6.07) is 8.98. The fourth-order valence-electron chi connectivity index (χ4n) is 2.11. The van der Waals surface area contributed by atoms with Crippen molar-refractivity contribution < 1.29 is 18.7 Å². The van der Waals surface area contributed by atoms with E-state index in [-0.39, 0.29) is 5.56 Å². The van der Waals surface area contributed by atoms with Gasteiger partial charge in [0.1, 0.15) is 22.8 Å². The summed E-state index contributed by atoms with van der Waals surface area (Å²) >= 11 is 1.33. The lowest BCUT2D eigenvalue weighted by Crippen LogP contribution is -2.29. The molecule has 0 bridgehead atoms. The van der Waals surface area contributed by atoms with E-state index >= 15 is 0 Å². The van der Waals surface area contributed by atoms with Crippen LogP contribution in [0.2, 0.25) is 0 Å². The Morgan fingerprint density at radius 1 is 1.21 bits per heavy atom. The number of hydrogen-bond donors (Lipinski definition) is 2. The maximum atomic E-state index is 13.1. The van der Waals surface area contributed by atoms with Gasteiger partial charge in [-0.2, -0.15) is 0 Å². The van der Waals surface area contributed by atoms with E-state index in [1.54, 1.807) is 20.3 Å². The van der Waals surface area contributed by atoms with Gasteiger partial charge >= 0.3 is 0 Å². The first-order chi connectivity index (χ1) is 11.6. The number of benzene rings is 2. The molecule has 0 saturated heterocycles. The monoisotopic (exact) mass is 347 g/mol. The highest BCUT2D eigenvalue weighted by atomic mass is 32.1. The van der Waals surface area contributed by atoms with E-state index < -0.39 is 11.7 Å². The van der Waals surface area contributed by atoms with Crippen molar-refractivity contribution in [2.24, 2.45) is 0 Å². The first-order valence-electron chi connectivity index (χ1n) is 6.95. The Hall–Kier alpha value is -2.87. The second-order valence-electron chi connectivity index (χ2n) is 4.78. The number of fused-ring (bicyclic) bond motifs is 1. The van der Waals surface area contributed by atoms with Crippen LogP contribution in [0.4, 0.5) is 9.52 Å². The number of thiazole rings is 1. The zero-order valence-electron chi connectivity index (χ0n) is 12.9. The maximum Gasteiger partial charge on any atom is 0.269 e. The molecule has 3 rings (SSSR count). The number of halogens is 1. The average molecular weight is 347 g/mol. The number of hydrazine groups is 1. The SMILES string of the molecule is COc1cc(OC)c2nc(NNC(=O)c3cccc(F)c3)sc2c1. The van der Waals surface area contributed by atoms with Crippen LogP contribution in [0.3, 0.4) is 0 Å². The van der Waals surface area contributed by atoms with Gasteiger partial charge in [-0.25, -0.2) is 9.37 Å². The number of carbonyl (C=O) groups is 1. The van der Waals surface area contributed by atoms with Gasteiger partial charge in [0.25, 0.3) is 5.91 Å². The summed E-state index contributed by atoms with van der Waals surface area (Å²) in [5.41, 5.74) is 6.09. The number of nitrogens with one attached hydrogen (secondary N) is 2. The first-order valence-corrected chi connectivity index (χ1v) is 7.77. The van der Waals surface area contributed by atoms with Crippen LogP contribution >= 0.6 is 11.3 Å². The van der Waals surface area contributed by atoms with Crippen molar-refractivity contribution >= 4 is 32.6 Å². The van der Waals surface area contributed by atoms with Crippen LogP contribution in [0.15, 0.2) is 36.4 Å². The van der Waals surface area contributed by atoms with Gasteiger partial charge in [0.15, 0.2) is 0 Å². The van der Waals surface area contributed by atoms with Crippen molar-refractivity contribution in [1.82, 2.24) is 10.4 Å². The van der Waals surface area contributed by atoms with E-state index in [4.69, 9.17) is 9.47 Å². The Morgan fingerprint density at radius 2 is 2.04 bits per heavy atom. The van der Waals surface area contributed by atoms with E-state index in [1.165, 1.54) is 29.5 Å². The molecule has 0 atom stereocenters. The molecule has 124 valence electrons. The molecule has 1 aromatic heterocycles. The topological polar surface area (TPSA) is 72.5 Å². The van der Waals surface area contributed by atoms with Gasteiger partial charge in [-0.3, -0.25) is 15.6 Å². The molecule has 0 aliphatic carbocycles. The smallest absolute Gasteiger partial charge is 0.269 e. The summed E-state index contributed by atoms with van der Waals surface area (Å²) in [7, 11) is 3.12. The Bertz CT molecular complexity index is 897. The molecule has 6 nitrogen and oxygen atoms in total. The summed E-state index contributed by atoms with van der Waals surface area (Å²) in [5.74, 6) is 0.293. The Labute approximate surface area is 141 Å². The second kappa shape index (κ2) is 6.71. The van der Waals surface area contributed by atoms with Gasteiger partial charge in [-0.15, -0.1) is 0 Å². The number of aromatic nitrogens is 1. The molecule has 2 aromatic carbocycles. The van der Waals surface area contributed by atoms with E-state index in [9.17, 15) is 9.18 Å². The molecule has 24 heavy (non-hydrogen) atoms. The van der Waals surface area contributed by atoms with Crippen LogP contribution in [0.25, 0.3) is 10.2 Å². The van der Waals surface area contributed by atoms with E-state index in [1.807, 2.05) is 6.07 Å². The number of methoxy groups -OCH3 is 2. The predicted molar refractivity (Wildman–Crippen MR) is 90.2 cm³/mol. The van der Waals surface area contributed by atoms with E-state index in [0.717, 1.165) is 10.8 Å². The summed E-state index contributed by atoms with van der Waals surface area (Å²) in [4.78, 5) is 16.4. The summed E-state index contributed by atoms with van der Waals surface area (Å²) in [6.45, 7) is 0. The van der Waals surface area contributed by atoms with Crippen molar-refractivity contribution in [3.63, 3.8) is 0 Å². The third kappa shape index (κ3) is 3.23. The molecule has 0 aliphatic heterocycles. The lowest BCUT2D eigenvalue weighted by Gasteiger charge is -2.05. The van der Waals surface area contributed by atoms with Gasteiger partial charge < -0.3 is 9.47 Å². The normalized spacial score (nSPS) is 10.5. The quantitative estimate of drug-likeness (QED) is 0.694. The van der Waals surface area contributed by atoms with Gasteiger partial charge in [0.05, 0.1) is 18.9 Å². The highest BCUT2D eigenvalue weighted by molar-refractivity contribution is 7.22. The zero-order chi connectivity index (χ0) is 17.1. The summed E-state index contributed by atoms with van der Waals surface area (Å²) in [6.07, 6.45) is 0. The number of rotatable bonds is 5. The van der Waals surface area contributed by atoms with Crippen molar-refractivity contribution in [3.05, 3.63) is 47.8 Å². The molecule has 3 aromatic rings. The molecule has 1 heterocycles. The number of hydrogen-bond acceptors (Lipinski definition) is 6. The fourth-order valence-corrected chi connectivity index (χ4v) is 2.98. The van der Waals surface area contributed by atoms with Crippen molar-refractivity contribution in [2.75, 3.05) is 19.6 Å². The lowest BCUT2D eigenvalue weighted by molar-refractivity contribution is 0.0962. The van der Waals surface area contributed by atoms with Crippen molar-refractivity contribution in [1.29, 1.82) is 0 Å². The number of nitrogens with zero attached hydrogens (tertiary/aromatic N) is 1. The third-order valence-electron chi connectivity index (χ3n) is 3.26. The summed E-state index contributed by atoms with van der Waals surface area (Å²) in [5, 5.41) is 0.473. The minimum atomic E-state index is -0.473. The average Bonchev–Trinajstić information content (AvgIpc) is 3.01. The molecule has 0 saturated carbocycles. The van der Waals surface area contributed by atoms with Crippen LogP contribution < -0.4 is 20.3 Å². The van der Waals surface area contributed by atoms with Crippen LogP contribution in [-0.2, 0) is 0 Å². The highest BCUT2D eigenvalue weighted by Crippen LogP contribution is 2.35. The molecule has 0 unspecified atom stereocenters. The second-order valence-corrected chi connectivity index (χ2v) is 5.82. The lowest BCUT2D eigenvalue weighted by atomic mass is 10.2. The van der Waals surface area contributed by atoms with Gasteiger partial charge in [0, 0.05) is 11.6 Å². The largest absolute Gasteiger partial charge is 0.497 e. The molecular weight excluding hydrogens is 333 g/mol. The Morgan fingerprint density at radius 3 is 2.75 bits per heavy atom.